The summed E-state index contributed by atoms with van der Waals surface area (Å²) in [5.41, 5.74) is 1.22. The van der Waals surface area contributed by atoms with Crippen molar-refractivity contribution in [1.29, 1.82) is 0 Å². The SMILES string of the molecule is COC(=O)C1=C(O)/C(=C/c2ccc(Cl)cc2)SC1. The number of ether oxygens (including phenoxy) is 1. The zero-order chi connectivity index (χ0) is 13.1. The fourth-order valence-electron chi connectivity index (χ4n) is 1.53. The van der Waals surface area contributed by atoms with Gasteiger partial charge in [-0.2, -0.15) is 0 Å². The zero-order valence-corrected chi connectivity index (χ0v) is 11.2. The minimum absolute atomic E-state index is 0.00167. The van der Waals surface area contributed by atoms with Gasteiger partial charge < -0.3 is 9.84 Å². The number of thioether (sulfide) groups is 1. The third-order valence-corrected chi connectivity index (χ3v) is 3.80. The number of aliphatic hydroxyl groups excluding tert-OH is 1. The first-order valence-electron chi connectivity index (χ1n) is 5.22. The van der Waals surface area contributed by atoms with Gasteiger partial charge in [-0.1, -0.05) is 23.7 Å². The van der Waals surface area contributed by atoms with Crippen LogP contribution in [0.2, 0.25) is 5.02 Å². The summed E-state index contributed by atoms with van der Waals surface area (Å²) >= 11 is 7.20. The molecule has 1 heterocycles. The number of esters is 1. The van der Waals surface area contributed by atoms with Crippen LogP contribution in [-0.2, 0) is 9.53 Å². The van der Waals surface area contributed by atoms with Crippen LogP contribution in [0.25, 0.3) is 6.08 Å². The molecular formula is C13H11ClO3S. The van der Waals surface area contributed by atoms with E-state index in [9.17, 15) is 9.90 Å². The minimum atomic E-state index is -0.487. The molecule has 0 aromatic heterocycles. The Hall–Kier alpha value is -1.39. The number of carbonyl (C=O) groups excluding carboxylic acids is 1. The maximum absolute atomic E-state index is 11.4. The van der Waals surface area contributed by atoms with E-state index in [0.717, 1.165) is 5.56 Å². The van der Waals surface area contributed by atoms with Crippen LogP contribution >= 0.6 is 23.4 Å². The Balaban J connectivity index is 2.28. The van der Waals surface area contributed by atoms with Crippen LogP contribution in [-0.4, -0.2) is 23.9 Å². The van der Waals surface area contributed by atoms with Crippen LogP contribution in [0.3, 0.4) is 0 Å². The molecule has 0 radical (unpaired) electrons. The van der Waals surface area contributed by atoms with E-state index in [1.54, 1.807) is 12.1 Å². The highest BCUT2D eigenvalue weighted by Crippen LogP contribution is 2.36. The Bertz CT molecular complexity index is 532. The van der Waals surface area contributed by atoms with E-state index in [0.29, 0.717) is 21.3 Å². The molecule has 18 heavy (non-hydrogen) atoms. The van der Waals surface area contributed by atoms with E-state index in [1.807, 2.05) is 18.2 Å². The van der Waals surface area contributed by atoms with Gasteiger partial charge in [-0.05, 0) is 23.8 Å². The van der Waals surface area contributed by atoms with Crippen LogP contribution in [0.15, 0.2) is 40.5 Å². The highest BCUT2D eigenvalue weighted by Gasteiger charge is 2.25. The molecule has 0 aliphatic carbocycles. The second-order valence-corrected chi connectivity index (χ2v) is 5.12. The zero-order valence-electron chi connectivity index (χ0n) is 9.64. The first-order valence-corrected chi connectivity index (χ1v) is 6.59. The average molecular weight is 283 g/mol. The lowest BCUT2D eigenvalue weighted by molar-refractivity contribution is -0.136. The van der Waals surface area contributed by atoms with Gasteiger partial charge in [0.25, 0.3) is 0 Å². The Labute approximate surface area is 114 Å². The van der Waals surface area contributed by atoms with E-state index in [1.165, 1.54) is 18.9 Å². The van der Waals surface area contributed by atoms with E-state index in [4.69, 9.17) is 11.6 Å². The Kier molecular flexibility index (Phi) is 3.99. The molecule has 1 aromatic rings. The molecule has 0 saturated carbocycles. The van der Waals surface area contributed by atoms with Crippen molar-refractivity contribution in [2.24, 2.45) is 0 Å². The van der Waals surface area contributed by atoms with Gasteiger partial charge in [0.2, 0.25) is 0 Å². The van der Waals surface area contributed by atoms with Crippen molar-refractivity contribution in [3.05, 3.63) is 51.1 Å². The number of benzene rings is 1. The van der Waals surface area contributed by atoms with Crippen molar-refractivity contribution in [3.8, 4) is 0 Å². The van der Waals surface area contributed by atoms with Gasteiger partial charge in [0.15, 0.2) is 0 Å². The molecule has 0 fully saturated rings. The summed E-state index contributed by atoms with van der Waals surface area (Å²) in [5, 5.41) is 10.6. The monoisotopic (exact) mass is 282 g/mol. The molecular weight excluding hydrogens is 272 g/mol. The van der Waals surface area contributed by atoms with Crippen molar-refractivity contribution < 1.29 is 14.6 Å². The van der Waals surface area contributed by atoms with Crippen LogP contribution in [0.4, 0.5) is 0 Å². The molecule has 1 aliphatic heterocycles. The van der Waals surface area contributed by atoms with Gasteiger partial charge in [-0.3, -0.25) is 0 Å². The largest absolute Gasteiger partial charge is 0.506 e. The van der Waals surface area contributed by atoms with E-state index in [-0.39, 0.29) is 5.76 Å². The van der Waals surface area contributed by atoms with Crippen molar-refractivity contribution in [1.82, 2.24) is 0 Å². The molecule has 1 aromatic carbocycles. The quantitative estimate of drug-likeness (QED) is 0.845. The standard InChI is InChI=1S/C13H11ClO3S/c1-17-13(16)10-7-18-11(12(10)15)6-8-2-4-9(14)5-3-8/h2-6,15H,7H2,1H3/b11-6-. The molecule has 1 N–H and O–H groups in total. The van der Waals surface area contributed by atoms with Crippen molar-refractivity contribution in [2.75, 3.05) is 12.9 Å². The molecule has 0 atom stereocenters. The van der Waals surface area contributed by atoms with Gasteiger partial charge in [0.05, 0.1) is 17.6 Å². The molecule has 2 rings (SSSR count). The molecule has 0 unspecified atom stereocenters. The summed E-state index contributed by atoms with van der Waals surface area (Å²) in [4.78, 5) is 12.0. The van der Waals surface area contributed by atoms with Gasteiger partial charge in [-0.15, -0.1) is 11.8 Å². The molecule has 0 saturated heterocycles. The summed E-state index contributed by atoms with van der Waals surface area (Å²) in [6, 6.07) is 7.24. The Morgan fingerprint density at radius 3 is 2.72 bits per heavy atom. The van der Waals surface area contributed by atoms with Crippen LogP contribution in [0.5, 0.6) is 0 Å². The van der Waals surface area contributed by atoms with E-state index in [2.05, 4.69) is 4.74 Å². The predicted octanol–water partition coefficient (Wildman–Crippen LogP) is 3.41. The lowest BCUT2D eigenvalue weighted by atomic mass is 10.2. The van der Waals surface area contributed by atoms with Gasteiger partial charge in [0.1, 0.15) is 5.76 Å². The summed E-state index contributed by atoms with van der Waals surface area (Å²) < 4.78 is 4.60. The molecule has 1 aliphatic rings. The predicted molar refractivity (Wildman–Crippen MR) is 73.6 cm³/mol. The van der Waals surface area contributed by atoms with Crippen molar-refractivity contribution >= 4 is 35.4 Å². The second kappa shape index (κ2) is 5.50. The minimum Gasteiger partial charge on any atom is -0.506 e. The van der Waals surface area contributed by atoms with Crippen LogP contribution in [0.1, 0.15) is 5.56 Å². The van der Waals surface area contributed by atoms with Crippen molar-refractivity contribution in [2.45, 2.75) is 0 Å². The number of hydrogen-bond acceptors (Lipinski definition) is 4. The summed E-state index contributed by atoms with van der Waals surface area (Å²) in [6.07, 6.45) is 1.81. The lowest BCUT2D eigenvalue weighted by Crippen LogP contribution is -2.06. The molecule has 5 heteroatoms. The second-order valence-electron chi connectivity index (χ2n) is 3.67. The fraction of sp³-hybridized carbons (Fsp3) is 0.154. The molecule has 3 nitrogen and oxygen atoms in total. The van der Waals surface area contributed by atoms with E-state index >= 15 is 0 Å². The number of rotatable bonds is 2. The number of aliphatic hydroxyl groups is 1. The van der Waals surface area contributed by atoms with Gasteiger partial charge in [-0.25, -0.2) is 4.79 Å². The number of carbonyl (C=O) groups is 1. The fourth-order valence-corrected chi connectivity index (χ4v) is 2.69. The normalized spacial score (nSPS) is 17.3. The lowest BCUT2D eigenvalue weighted by Gasteiger charge is -1.99. The topological polar surface area (TPSA) is 46.5 Å². The van der Waals surface area contributed by atoms with Gasteiger partial charge in [0, 0.05) is 10.8 Å². The number of halogens is 1. The van der Waals surface area contributed by atoms with Crippen molar-refractivity contribution in [3.63, 3.8) is 0 Å². The average Bonchev–Trinajstić information content (AvgIpc) is 2.73. The maximum atomic E-state index is 11.4. The first-order chi connectivity index (χ1) is 8.61. The highest BCUT2D eigenvalue weighted by molar-refractivity contribution is 8.04. The summed E-state index contributed by atoms with van der Waals surface area (Å²) in [7, 11) is 1.30. The molecule has 0 spiro atoms. The number of hydrogen-bond donors (Lipinski definition) is 1. The van der Waals surface area contributed by atoms with E-state index < -0.39 is 5.97 Å². The Morgan fingerprint density at radius 2 is 2.11 bits per heavy atom. The summed E-state index contributed by atoms with van der Waals surface area (Å²) in [6.45, 7) is 0. The molecule has 94 valence electrons. The van der Waals surface area contributed by atoms with Crippen LogP contribution < -0.4 is 0 Å². The van der Waals surface area contributed by atoms with Crippen LogP contribution in [0, 0.1) is 0 Å². The maximum Gasteiger partial charge on any atom is 0.338 e. The summed E-state index contributed by atoms with van der Waals surface area (Å²) in [5.74, 6) is -0.0564. The molecule has 0 bridgehead atoms. The number of methoxy groups -OCH3 is 1. The third kappa shape index (κ3) is 2.71. The third-order valence-electron chi connectivity index (χ3n) is 2.49. The first kappa shape index (κ1) is 13.1. The smallest absolute Gasteiger partial charge is 0.338 e. The van der Waals surface area contributed by atoms with Gasteiger partial charge >= 0.3 is 5.97 Å². The Morgan fingerprint density at radius 1 is 1.44 bits per heavy atom. The molecule has 0 amide bonds. The highest BCUT2D eigenvalue weighted by atomic mass is 35.5.